The maximum atomic E-state index is 5.25. The fourth-order valence-electron chi connectivity index (χ4n) is 1.15. The van der Waals surface area contributed by atoms with Crippen LogP contribution in [0, 0.1) is 0 Å². The molecule has 1 aliphatic heterocycles. The quantitative estimate of drug-likeness (QED) is 0.703. The molecule has 0 aliphatic carbocycles. The number of nitrogens with one attached hydrogen (secondary N) is 1. The Morgan fingerprint density at radius 3 is 2.92 bits per heavy atom. The zero-order chi connectivity index (χ0) is 8.23. The Balaban J connectivity index is 1.86. The van der Waals surface area contributed by atoms with Gasteiger partial charge in [-0.15, -0.1) is 0 Å². The van der Waals surface area contributed by atoms with Crippen molar-refractivity contribution in [1.29, 1.82) is 0 Å². The van der Waals surface area contributed by atoms with Gasteiger partial charge in [-0.2, -0.15) is 0 Å². The third-order valence-corrected chi connectivity index (χ3v) is 2.84. The topological polar surface area (TPSA) is 28.3 Å². The van der Waals surface area contributed by atoms with E-state index >= 15 is 0 Å². The molecule has 1 fully saturated rings. The van der Waals surface area contributed by atoms with Gasteiger partial charge < -0.3 is 9.72 Å². The van der Waals surface area contributed by atoms with Gasteiger partial charge in [-0.3, -0.25) is 0 Å². The number of H-pyrrole nitrogens is 1. The highest BCUT2D eigenvalue weighted by Crippen LogP contribution is 2.20. The Morgan fingerprint density at radius 2 is 2.25 bits per heavy atom. The van der Waals surface area contributed by atoms with Crippen molar-refractivity contribution in [3.05, 3.63) is 18.3 Å². The number of morpholine rings is 1. The van der Waals surface area contributed by atoms with E-state index in [-0.39, 0.29) is 0 Å². The van der Waals surface area contributed by atoms with Crippen molar-refractivity contribution < 1.29 is 4.74 Å². The van der Waals surface area contributed by atoms with Gasteiger partial charge in [0.05, 0.1) is 18.2 Å². The van der Waals surface area contributed by atoms with Crippen molar-refractivity contribution in [2.24, 2.45) is 0 Å². The van der Waals surface area contributed by atoms with Crippen LogP contribution in [0.1, 0.15) is 0 Å². The van der Waals surface area contributed by atoms with Crippen LogP contribution in [0.2, 0.25) is 0 Å². The van der Waals surface area contributed by atoms with E-state index in [4.69, 9.17) is 4.74 Å². The van der Waals surface area contributed by atoms with Crippen molar-refractivity contribution in [2.45, 2.75) is 5.03 Å². The minimum Gasteiger partial charge on any atom is -0.379 e. The van der Waals surface area contributed by atoms with Crippen molar-refractivity contribution in [3.8, 4) is 0 Å². The molecule has 1 N–H and O–H groups in total. The van der Waals surface area contributed by atoms with E-state index in [9.17, 15) is 0 Å². The second-order valence-corrected chi connectivity index (χ2v) is 3.81. The Morgan fingerprint density at radius 1 is 1.42 bits per heavy atom. The van der Waals surface area contributed by atoms with Gasteiger partial charge in [-0.1, -0.05) is 0 Å². The Kier molecular flexibility index (Phi) is 2.71. The molecule has 4 heteroatoms. The van der Waals surface area contributed by atoms with Crippen LogP contribution in [0.15, 0.2) is 23.4 Å². The summed E-state index contributed by atoms with van der Waals surface area (Å²) in [5.41, 5.74) is 0. The predicted octanol–water partition coefficient (Wildman–Crippen LogP) is 1.35. The number of aromatic nitrogens is 1. The minimum atomic E-state index is 0.855. The van der Waals surface area contributed by atoms with Crippen molar-refractivity contribution in [3.63, 3.8) is 0 Å². The summed E-state index contributed by atoms with van der Waals surface area (Å²) in [4.78, 5) is 3.16. The zero-order valence-corrected chi connectivity index (χ0v) is 7.64. The lowest BCUT2D eigenvalue weighted by molar-refractivity contribution is 0.0773. The SMILES string of the molecule is c1c[nH]c(SN2CCOCC2)c1. The Hall–Kier alpha value is -0.450. The highest BCUT2D eigenvalue weighted by atomic mass is 32.2. The summed E-state index contributed by atoms with van der Waals surface area (Å²) in [5.74, 6) is 0. The van der Waals surface area contributed by atoms with E-state index in [0.29, 0.717) is 0 Å². The van der Waals surface area contributed by atoms with Crippen LogP contribution in [0.4, 0.5) is 0 Å². The first kappa shape index (κ1) is 8.16. The minimum absolute atomic E-state index is 0.855. The molecule has 12 heavy (non-hydrogen) atoms. The molecule has 1 aliphatic rings. The molecule has 0 aromatic carbocycles. The molecular weight excluding hydrogens is 172 g/mol. The summed E-state index contributed by atoms with van der Waals surface area (Å²) < 4.78 is 7.57. The van der Waals surface area contributed by atoms with E-state index in [2.05, 4.69) is 15.4 Å². The predicted molar refractivity (Wildman–Crippen MR) is 49.0 cm³/mol. The third kappa shape index (κ3) is 2.03. The lowest BCUT2D eigenvalue weighted by atomic mass is 10.5. The van der Waals surface area contributed by atoms with Crippen LogP contribution in [-0.2, 0) is 4.74 Å². The van der Waals surface area contributed by atoms with Gasteiger partial charge in [0.25, 0.3) is 0 Å². The van der Waals surface area contributed by atoms with Crippen molar-refractivity contribution in [2.75, 3.05) is 26.3 Å². The molecule has 0 atom stereocenters. The molecule has 0 bridgehead atoms. The molecule has 0 spiro atoms. The molecular formula is C8H12N2OS. The molecule has 66 valence electrons. The van der Waals surface area contributed by atoms with Gasteiger partial charge in [0.15, 0.2) is 0 Å². The average Bonchev–Trinajstić information content (AvgIpc) is 2.59. The molecule has 1 aromatic heterocycles. The average molecular weight is 184 g/mol. The second-order valence-electron chi connectivity index (χ2n) is 2.67. The number of nitrogens with zero attached hydrogens (tertiary/aromatic N) is 1. The summed E-state index contributed by atoms with van der Waals surface area (Å²) in [6.45, 7) is 3.74. The Labute approximate surface area is 76.2 Å². The van der Waals surface area contributed by atoms with Crippen LogP contribution < -0.4 is 0 Å². The summed E-state index contributed by atoms with van der Waals surface area (Å²) in [7, 11) is 0. The first-order valence-corrected chi connectivity index (χ1v) is 4.86. The highest BCUT2D eigenvalue weighted by molar-refractivity contribution is 7.97. The van der Waals surface area contributed by atoms with Crippen LogP contribution in [0.5, 0.6) is 0 Å². The molecule has 2 rings (SSSR count). The van der Waals surface area contributed by atoms with E-state index in [1.807, 2.05) is 12.3 Å². The highest BCUT2D eigenvalue weighted by Gasteiger charge is 2.11. The lowest BCUT2D eigenvalue weighted by Crippen LogP contribution is -2.30. The maximum Gasteiger partial charge on any atom is 0.0876 e. The number of hydrogen-bond donors (Lipinski definition) is 1. The summed E-state index contributed by atoms with van der Waals surface area (Å²) in [6.07, 6.45) is 1.95. The number of rotatable bonds is 2. The normalized spacial score (nSPS) is 19.7. The van der Waals surface area contributed by atoms with Gasteiger partial charge in [-0.05, 0) is 24.1 Å². The number of ether oxygens (including phenoxy) is 1. The molecule has 0 radical (unpaired) electrons. The Bertz CT molecular complexity index is 219. The molecule has 3 nitrogen and oxygen atoms in total. The summed E-state index contributed by atoms with van der Waals surface area (Å²) in [6, 6.07) is 4.10. The zero-order valence-electron chi connectivity index (χ0n) is 6.82. The van der Waals surface area contributed by atoms with Crippen LogP contribution >= 0.6 is 11.9 Å². The van der Waals surface area contributed by atoms with Gasteiger partial charge in [0.2, 0.25) is 0 Å². The van der Waals surface area contributed by atoms with Crippen molar-refractivity contribution in [1.82, 2.24) is 9.29 Å². The van der Waals surface area contributed by atoms with Gasteiger partial charge in [0, 0.05) is 19.3 Å². The van der Waals surface area contributed by atoms with Crippen molar-refractivity contribution >= 4 is 11.9 Å². The fourth-order valence-corrected chi connectivity index (χ4v) is 2.02. The van der Waals surface area contributed by atoms with E-state index in [0.717, 1.165) is 26.3 Å². The molecule has 1 saturated heterocycles. The molecule has 1 aromatic rings. The monoisotopic (exact) mass is 184 g/mol. The molecule has 0 unspecified atom stereocenters. The van der Waals surface area contributed by atoms with Gasteiger partial charge >= 0.3 is 0 Å². The largest absolute Gasteiger partial charge is 0.379 e. The second kappa shape index (κ2) is 3.98. The van der Waals surface area contributed by atoms with Gasteiger partial charge in [-0.25, -0.2) is 4.31 Å². The van der Waals surface area contributed by atoms with E-state index < -0.39 is 0 Å². The van der Waals surface area contributed by atoms with Crippen LogP contribution in [-0.4, -0.2) is 35.6 Å². The van der Waals surface area contributed by atoms with Crippen LogP contribution in [0.25, 0.3) is 0 Å². The first-order chi connectivity index (χ1) is 5.95. The molecule has 0 saturated carbocycles. The lowest BCUT2D eigenvalue weighted by Gasteiger charge is -2.24. The van der Waals surface area contributed by atoms with E-state index in [1.165, 1.54) is 5.03 Å². The smallest absolute Gasteiger partial charge is 0.0876 e. The number of aromatic amines is 1. The summed E-state index contributed by atoms with van der Waals surface area (Å²) >= 11 is 1.77. The first-order valence-electron chi connectivity index (χ1n) is 4.09. The molecule has 2 heterocycles. The third-order valence-electron chi connectivity index (χ3n) is 1.77. The fraction of sp³-hybridized carbons (Fsp3) is 0.500. The standard InChI is InChI=1S/C8H12N2OS/c1-2-8(9-3-1)12-10-4-6-11-7-5-10/h1-3,9H,4-7H2. The van der Waals surface area contributed by atoms with Crippen LogP contribution in [0.3, 0.4) is 0 Å². The maximum absolute atomic E-state index is 5.25. The molecule has 0 amide bonds. The summed E-state index contributed by atoms with van der Waals surface area (Å²) in [5, 5.41) is 1.21. The van der Waals surface area contributed by atoms with E-state index in [1.54, 1.807) is 11.9 Å². The number of hydrogen-bond acceptors (Lipinski definition) is 3. The van der Waals surface area contributed by atoms with Gasteiger partial charge in [0.1, 0.15) is 0 Å².